The van der Waals surface area contributed by atoms with Crippen molar-refractivity contribution in [3.63, 3.8) is 0 Å². The van der Waals surface area contributed by atoms with Gasteiger partial charge in [0.1, 0.15) is 0 Å². The maximum atomic E-state index is 11.8. The van der Waals surface area contributed by atoms with Crippen molar-refractivity contribution in [2.75, 3.05) is 13.2 Å². The van der Waals surface area contributed by atoms with E-state index in [2.05, 4.69) is 4.99 Å². The van der Waals surface area contributed by atoms with Crippen molar-refractivity contribution < 1.29 is 26.7 Å². The Bertz CT molecular complexity index is 523. The Morgan fingerprint density at radius 2 is 2.06 bits per heavy atom. The second-order valence-electron chi connectivity index (χ2n) is 3.60. The fourth-order valence-corrected chi connectivity index (χ4v) is 1.49. The summed E-state index contributed by atoms with van der Waals surface area (Å²) >= 11 is 0. The first-order valence-electron chi connectivity index (χ1n) is 5.02. The zero-order valence-corrected chi connectivity index (χ0v) is 10.1. The van der Waals surface area contributed by atoms with E-state index in [0.29, 0.717) is 12.2 Å². The number of carbonyl (C=O) groups excluding carboxylic acids is 1. The van der Waals surface area contributed by atoms with Crippen molar-refractivity contribution in [2.24, 2.45) is 4.99 Å². The number of benzene rings is 1. The summed E-state index contributed by atoms with van der Waals surface area (Å²) in [5.41, 5.74) is 0.452. The molecule has 2 rings (SSSR count). The molecule has 0 atom stereocenters. The van der Waals surface area contributed by atoms with Crippen LogP contribution in [0.5, 0.6) is 0 Å². The molecule has 0 spiro atoms. The highest BCUT2D eigenvalue weighted by Crippen LogP contribution is 2.12. The molecule has 1 aromatic carbocycles. The van der Waals surface area contributed by atoms with E-state index in [4.69, 9.17) is 0 Å². The third-order valence-corrected chi connectivity index (χ3v) is 2.39. The van der Waals surface area contributed by atoms with E-state index in [1.165, 1.54) is 24.3 Å². The monoisotopic (exact) mass is 267 g/mol. The molecule has 1 aliphatic rings. The minimum Gasteiger partial charge on any atom is -1.00 e. The van der Waals surface area contributed by atoms with E-state index < -0.39 is 4.92 Å². The third kappa shape index (κ3) is 3.21. The first-order valence-corrected chi connectivity index (χ1v) is 5.02. The zero-order valence-electron chi connectivity index (χ0n) is 9.32. The maximum Gasteiger partial charge on any atom is 0.269 e. The van der Waals surface area contributed by atoms with E-state index in [-0.39, 0.29) is 30.4 Å². The molecule has 0 bridgehead atoms. The van der Waals surface area contributed by atoms with Crippen LogP contribution in [0.25, 0.3) is 0 Å². The molecule has 6 nitrogen and oxygen atoms in total. The summed E-state index contributed by atoms with van der Waals surface area (Å²) in [6.45, 7) is 0.719. The van der Waals surface area contributed by atoms with E-state index >= 15 is 0 Å². The molecule has 7 heteroatoms. The molecule has 1 aliphatic heterocycles. The Kier molecular flexibility index (Phi) is 4.67. The van der Waals surface area contributed by atoms with Crippen molar-refractivity contribution >= 4 is 23.9 Å². The lowest BCUT2D eigenvalue weighted by molar-refractivity contribution is -0.503. The number of nitro benzene ring substituents is 1. The molecule has 0 fully saturated rings. The van der Waals surface area contributed by atoms with Crippen LogP contribution >= 0.6 is 0 Å². The number of non-ortho nitro benzene ring substituents is 1. The van der Waals surface area contributed by atoms with Crippen LogP contribution in [-0.2, 0) is 0 Å². The molecule has 0 radical (unpaired) electrons. The predicted molar refractivity (Wildman–Crippen MR) is 62.0 cm³/mol. The summed E-state index contributed by atoms with van der Waals surface area (Å²) in [7, 11) is 0. The van der Waals surface area contributed by atoms with Crippen molar-refractivity contribution in [3.8, 4) is 0 Å². The lowest BCUT2D eigenvalue weighted by Gasteiger charge is -1.98. The topological polar surface area (TPSA) is 75.6 Å². The summed E-state index contributed by atoms with van der Waals surface area (Å²) < 4.78 is 1.77. The van der Waals surface area contributed by atoms with E-state index in [1.54, 1.807) is 17.0 Å². The smallest absolute Gasteiger partial charge is 0.269 e. The highest BCUT2D eigenvalue weighted by atomic mass is 35.5. The Morgan fingerprint density at radius 1 is 1.39 bits per heavy atom. The van der Waals surface area contributed by atoms with Gasteiger partial charge >= 0.3 is 0 Å². The second kappa shape index (κ2) is 6.02. The number of halogens is 1. The largest absolute Gasteiger partial charge is 1.00 e. The zero-order chi connectivity index (χ0) is 12.3. The molecule has 18 heavy (non-hydrogen) atoms. The van der Waals surface area contributed by atoms with Gasteiger partial charge in [0.05, 0.1) is 11.1 Å². The van der Waals surface area contributed by atoms with Crippen LogP contribution in [-0.4, -0.2) is 40.9 Å². The fourth-order valence-electron chi connectivity index (χ4n) is 1.49. The minimum absolute atomic E-state index is 0. The van der Waals surface area contributed by atoms with Crippen molar-refractivity contribution in [1.82, 2.24) is 0 Å². The number of hydrogen-bond donors (Lipinski definition) is 0. The summed E-state index contributed by atoms with van der Waals surface area (Å²) in [5, 5.41) is 10.5. The van der Waals surface area contributed by atoms with Crippen LogP contribution in [0.3, 0.4) is 0 Å². The highest BCUT2D eigenvalue weighted by molar-refractivity contribution is 6.14. The standard InChI is InChI=1S/C11H10N3O3.ClH/c15-11(7-13-6-5-12-8-13)9-1-3-10(4-2-9)14(16)17;/h1-6H,7-8H2;1H/q+1;/p-1. The molecule has 1 heterocycles. The van der Waals surface area contributed by atoms with Crippen LogP contribution in [0.4, 0.5) is 5.69 Å². The molecular formula is C11H10ClN3O3. The van der Waals surface area contributed by atoms with Crippen LogP contribution in [0.1, 0.15) is 10.4 Å². The maximum absolute atomic E-state index is 11.8. The predicted octanol–water partition coefficient (Wildman–Crippen LogP) is -2.09. The number of carbonyl (C=O) groups is 1. The summed E-state index contributed by atoms with van der Waals surface area (Å²) in [5.74, 6) is -0.0818. The number of hydrogen-bond acceptors (Lipinski definition) is 4. The van der Waals surface area contributed by atoms with Gasteiger partial charge < -0.3 is 12.4 Å². The molecule has 1 aromatic rings. The number of aliphatic imine (C=N–C) groups is 1. The van der Waals surface area contributed by atoms with Gasteiger partial charge in [-0.2, -0.15) is 0 Å². The van der Waals surface area contributed by atoms with E-state index in [1.807, 2.05) is 0 Å². The van der Waals surface area contributed by atoms with Gasteiger partial charge in [0.25, 0.3) is 5.69 Å². The van der Waals surface area contributed by atoms with Crippen LogP contribution < -0.4 is 12.4 Å². The first-order chi connectivity index (χ1) is 8.16. The van der Waals surface area contributed by atoms with Crippen LogP contribution in [0, 0.1) is 10.1 Å². The fraction of sp³-hybridized carbons (Fsp3) is 0.182. The number of nitrogens with zero attached hydrogens (tertiary/aromatic N) is 3. The van der Waals surface area contributed by atoms with Gasteiger partial charge in [-0.1, -0.05) is 0 Å². The number of Topliss-reactive ketones (excluding diaryl/α,β-unsaturated/α-hetero) is 1. The Morgan fingerprint density at radius 3 is 2.56 bits per heavy atom. The van der Waals surface area contributed by atoms with E-state index in [9.17, 15) is 14.9 Å². The molecule has 0 saturated carbocycles. The summed E-state index contributed by atoms with van der Waals surface area (Å²) in [4.78, 5) is 25.7. The number of ketones is 1. The first kappa shape index (κ1) is 14.0. The third-order valence-electron chi connectivity index (χ3n) is 2.39. The average Bonchev–Trinajstić information content (AvgIpc) is 2.82. The molecular weight excluding hydrogens is 258 g/mol. The molecule has 94 valence electrons. The molecule has 0 saturated heterocycles. The minimum atomic E-state index is -0.490. The van der Waals surface area contributed by atoms with Gasteiger partial charge in [-0.05, 0) is 12.1 Å². The lowest BCUT2D eigenvalue weighted by Crippen LogP contribution is -3.00. The Balaban J connectivity index is 0.00000162. The molecule has 0 N–H and O–H groups in total. The normalized spacial score (nSPS) is 12.8. The molecule has 0 unspecified atom stereocenters. The Hall–Kier alpha value is -2.08. The molecule has 0 aromatic heterocycles. The molecule has 0 aliphatic carbocycles. The van der Waals surface area contributed by atoms with Crippen LogP contribution in [0.2, 0.25) is 0 Å². The van der Waals surface area contributed by atoms with Crippen molar-refractivity contribution in [1.29, 1.82) is 0 Å². The second-order valence-corrected chi connectivity index (χ2v) is 3.60. The van der Waals surface area contributed by atoms with Crippen LogP contribution in [0.15, 0.2) is 29.3 Å². The van der Waals surface area contributed by atoms with Gasteiger partial charge in [0, 0.05) is 17.7 Å². The average molecular weight is 268 g/mol. The number of rotatable bonds is 4. The SMILES string of the molecule is O=C(C[N+]1=CC=NC1)c1ccc([N+](=O)[O-])cc1.[Cl-]. The summed E-state index contributed by atoms with van der Waals surface area (Å²) in [6, 6.07) is 5.60. The van der Waals surface area contributed by atoms with E-state index in [0.717, 1.165) is 0 Å². The van der Waals surface area contributed by atoms with Crippen molar-refractivity contribution in [2.45, 2.75) is 0 Å². The van der Waals surface area contributed by atoms with Gasteiger partial charge in [-0.3, -0.25) is 14.9 Å². The van der Waals surface area contributed by atoms with Gasteiger partial charge in [0.15, 0.2) is 6.21 Å². The molecule has 0 amide bonds. The van der Waals surface area contributed by atoms with Crippen molar-refractivity contribution in [3.05, 3.63) is 39.9 Å². The van der Waals surface area contributed by atoms with Gasteiger partial charge in [-0.25, -0.2) is 9.57 Å². The van der Waals surface area contributed by atoms with Gasteiger partial charge in [-0.15, -0.1) is 0 Å². The quantitative estimate of drug-likeness (QED) is 0.272. The lowest BCUT2D eigenvalue weighted by atomic mass is 10.1. The number of nitro groups is 1. The van der Waals surface area contributed by atoms with Gasteiger partial charge in [0.2, 0.25) is 19.0 Å². The highest BCUT2D eigenvalue weighted by Gasteiger charge is 2.16. The summed E-state index contributed by atoms with van der Waals surface area (Å²) in [6.07, 6.45) is 3.38. The Labute approximate surface area is 109 Å².